The second kappa shape index (κ2) is 13.8. The number of aromatic nitrogens is 2. The molecule has 1 aromatic carbocycles. The molecule has 0 N–H and O–H groups in total. The van der Waals surface area contributed by atoms with E-state index in [1.165, 1.54) is 12.8 Å². The maximum Gasteiger partial charge on any atom is 0.159 e. The van der Waals surface area contributed by atoms with Crippen LogP contribution in [0.4, 0.5) is 0 Å². The molecule has 0 aliphatic heterocycles. The minimum atomic E-state index is 0.700. The molecule has 1 atom stereocenters. The van der Waals surface area contributed by atoms with Gasteiger partial charge in [-0.25, -0.2) is 9.97 Å². The first kappa shape index (κ1) is 22.9. The molecule has 0 spiro atoms. The number of hydrogen-bond donors (Lipinski definition) is 0. The summed E-state index contributed by atoms with van der Waals surface area (Å²) in [6.07, 6.45) is 15.9. The first-order valence-corrected chi connectivity index (χ1v) is 11.1. The molecule has 0 unspecified atom stereocenters. The number of rotatable bonds is 14. The van der Waals surface area contributed by atoms with E-state index in [9.17, 15) is 0 Å². The zero-order valence-corrected chi connectivity index (χ0v) is 18.3. The number of benzene rings is 1. The van der Waals surface area contributed by atoms with Gasteiger partial charge >= 0.3 is 0 Å². The molecule has 0 fully saturated rings. The standard InChI is InChI=1S/C25H36N2O2/c1-4-6-7-8-9-10-17-28-23-15-13-22(14-16-23)25-26-19-24(20-27-25)29-18-11-12-21(3)5-2/h6-7,13-16,19-21H,4-5,8-12,17-18H2,1-3H3/b7-6-/t21-/m0/s1. The molecule has 29 heavy (non-hydrogen) atoms. The molecule has 0 saturated heterocycles. The van der Waals surface area contributed by atoms with Crippen molar-refractivity contribution in [2.45, 2.75) is 65.7 Å². The third-order valence-corrected chi connectivity index (χ3v) is 4.98. The second-order valence-corrected chi connectivity index (χ2v) is 7.49. The van der Waals surface area contributed by atoms with Crippen LogP contribution >= 0.6 is 0 Å². The van der Waals surface area contributed by atoms with Gasteiger partial charge in [-0.2, -0.15) is 0 Å². The quantitative estimate of drug-likeness (QED) is 0.258. The van der Waals surface area contributed by atoms with Crippen molar-refractivity contribution in [3.05, 3.63) is 48.8 Å². The van der Waals surface area contributed by atoms with Gasteiger partial charge < -0.3 is 9.47 Å². The highest BCUT2D eigenvalue weighted by atomic mass is 16.5. The number of unbranched alkanes of at least 4 members (excludes halogenated alkanes) is 2. The van der Waals surface area contributed by atoms with E-state index in [2.05, 4.69) is 42.9 Å². The smallest absolute Gasteiger partial charge is 0.159 e. The Hall–Kier alpha value is -2.36. The van der Waals surface area contributed by atoms with Crippen LogP contribution in [-0.4, -0.2) is 23.2 Å². The molecule has 1 aromatic heterocycles. The molecular formula is C25H36N2O2. The summed E-state index contributed by atoms with van der Waals surface area (Å²) in [5, 5.41) is 0. The van der Waals surface area contributed by atoms with Gasteiger partial charge in [0.05, 0.1) is 25.6 Å². The molecule has 0 bridgehead atoms. The molecular weight excluding hydrogens is 360 g/mol. The minimum Gasteiger partial charge on any atom is -0.494 e. The van der Waals surface area contributed by atoms with Crippen LogP contribution in [0.2, 0.25) is 0 Å². The Morgan fingerprint density at radius 3 is 2.24 bits per heavy atom. The molecule has 0 radical (unpaired) electrons. The number of ether oxygens (including phenoxy) is 2. The Morgan fingerprint density at radius 2 is 1.55 bits per heavy atom. The summed E-state index contributed by atoms with van der Waals surface area (Å²) in [6.45, 7) is 8.13. The average molecular weight is 397 g/mol. The van der Waals surface area contributed by atoms with E-state index in [0.29, 0.717) is 12.4 Å². The Morgan fingerprint density at radius 1 is 0.862 bits per heavy atom. The van der Waals surface area contributed by atoms with E-state index in [4.69, 9.17) is 9.47 Å². The third kappa shape index (κ3) is 9.12. The Kier molecular flexibility index (Phi) is 10.9. The molecule has 0 aliphatic carbocycles. The van der Waals surface area contributed by atoms with Gasteiger partial charge in [0, 0.05) is 5.56 Å². The van der Waals surface area contributed by atoms with Gasteiger partial charge in [0.25, 0.3) is 0 Å². The van der Waals surface area contributed by atoms with Crippen molar-refractivity contribution < 1.29 is 9.47 Å². The predicted molar refractivity (Wildman–Crippen MR) is 120 cm³/mol. The molecule has 1 heterocycles. The SMILES string of the molecule is CC/C=C\CCCCOc1ccc(-c2ncc(OCCC[C@@H](C)CC)cn2)cc1. The summed E-state index contributed by atoms with van der Waals surface area (Å²) in [7, 11) is 0. The van der Waals surface area contributed by atoms with Crippen molar-refractivity contribution in [3.8, 4) is 22.9 Å². The lowest BCUT2D eigenvalue weighted by atomic mass is 10.0. The Balaban J connectivity index is 1.72. The van der Waals surface area contributed by atoms with E-state index in [1.54, 1.807) is 12.4 Å². The van der Waals surface area contributed by atoms with Gasteiger partial charge in [0.15, 0.2) is 11.6 Å². The summed E-state index contributed by atoms with van der Waals surface area (Å²) in [5.41, 5.74) is 0.977. The van der Waals surface area contributed by atoms with Crippen LogP contribution in [0.3, 0.4) is 0 Å². The van der Waals surface area contributed by atoms with Crippen molar-refractivity contribution in [2.75, 3.05) is 13.2 Å². The molecule has 2 aromatic rings. The maximum atomic E-state index is 5.82. The molecule has 2 rings (SSSR count). The molecule has 0 amide bonds. The number of hydrogen-bond acceptors (Lipinski definition) is 4. The number of allylic oxidation sites excluding steroid dienone is 2. The molecule has 0 aliphatic rings. The van der Waals surface area contributed by atoms with Gasteiger partial charge in [0.2, 0.25) is 0 Å². The van der Waals surface area contributed by atoms with E-state index in [0.717, 1.165) is 61.7 Å². The normalized spacial score (nSPS) is 12.2. The predicted octanol–water partition coefficient (Wildman–Crippen LogP) is 6.86. The van der Waals surface area contributed by atoms with Crippen molar-refractivity contribution >= 4 is 0 Å². The van der Waals surface area contributed by atoms with Crippen molar-refractivity contribution in [3.63, 3.8) is 0 Å². The van der Waals surface area contributed by atoms with Crippen LogP contribution in [0.15, 0.2) is 48.8 Å². The lowest BCUT2D eigenvalue weighted by molar-refractivity contribution is 0.292. The molecule has 0 saturated carbocycles. The van der Waals surface area contributed by atoms with Crippen molar-refractivity contribution in [1.82, 2.24) is 9.97 Å². The van der Waals surface area contributed by atoms with Crippen LogP contribution in [-0.2, 0) is 0 Å². The second-order valence-electron chi connectivity index (χ2n) is 7.49. The minimum absolute atomic E-state index is 0.700. The summed E-state index contributed by atoms with van der Waals surface area (Å²) in [4.78, 5) is 8.87. The van der Waals surface area contributed by atoms with Gasteiger partial charge in [-0.15, -0.1) is 0 Å². The first-order chi connectivity index (χ1) is 14.2. The fourth-order valence-electron chi connectivity index (χ4n) is 2.90. The van der Waals surface area contributed by atoms with Crippen molar-refractivity contribution in [1.29, 1.82) is 0 Å². The van der Waals surface area contributed by atoms with E-state index in [1.807, 2.05) is 24.3 Å². The molecule has 158 valence electrons. The van der Waals surface area contributed by atoms with Gasteiger partial charge in [0.1, 0.15) is 5.75 Å². The summed E-state index contributed by atoms with van der Waals surface area (Å²) < 4.78 is 11.6. The molecule has 4 heteroatoms. The Labute approximate surface area is 176 Å². The fourth-order valence-corrected chi connectivity index (χ4v) is 2.90. The van der Waals surface area contributed by atoms with Crippen molar-refractivity contribution in [2.24, 2.45) is 5.92 Å². The first-order valence-electron chi connectivity index (χ1n) is 11.1. The average Bonchev–Trinajstić information content (AvgIpc) is 2.77. The number of nitrogens with zero attached hydrogens (tertiary/aromatic N) is 2. The maximum absolute atomic E-state index is 5.82. The van der Waals surface area contributed by atoms with E-state index >= 15 is 0 Å². The van der Waals surface area contributed by atoms with E-state index < -0.39 is 0 Å². The highest BCUT2D eigenvalue weighted by Crippen LogP contribution is 2.21. The van der Waals surface area contributed by atoms with Crippen LogP contribution in [0.1, 0.15) is 65.7 Å². The topological polar surface area (TPSA) is 44.2 Å². The lowest BCUT2D eigenvalue weighted by Gasteiger charge is -2.09. The van der Waals surface area contributed by atoms with Crippen LogP contribution in [0.5, 0.6) is 11.5 Å². The largest absolute Gasteiger partial charge is 0.494 e. The van der Waals surface area contributed by atoms with E-state index in [-0.39, 0.29) is 0 Å². The zero-order valence-electron chi connectivity index (χ0n) is 18.3. The Bertz CT molecular complexity index is 696. The summed E-state index contributed by atoms with van der Waals surface area (Å²) in [5.74, 6) is 3.07. The van der Waals surface area contributed by atoms with Gasteiger partial charge in [-0.1, -0.05) is 39.3 Å². The zero-order chi connectivity index (χ0) is 20.7. The van der Waals surface area contributed by atoms with Crippen LogP contribution < -0.4 is 9.47 Å². The molecule has 4 nitrogen and oxygen atoms in total. The monoisotopic (exact) mass is 396 g/mol. The van der Waals surface area contributed by atoms with Crippen LogP contribution in [0.25, 0.3) is 11.4 Å². The fraction of sp³-hybridized carbons (Fsp3) is 0.520. The van der Waals surface area contributed by atoms with Gasteiger partial charge in [-0.3, -0.25) is 0 Å². The van der Waals surface area contributed by atoms with Gasteiger partial charge in [-0.05, 0) is 68.7 Å². The summed E-state index contributed by atoms with van der Waals surface area (Å²) >= 11 is 0. The summed E-state index contributed by atoms with van der Waals surface area (Å²) in [6, 6.07) is 7.96. The highest BCUT2D eigenvalue weighted by Gasteiger charge is 2.04. The highest BCUT2D eigenvalue weighted by molar-refractivity contribution is 5.56. The van der Waals surface area contributed by atoms with Crippen LogP contribution in [0, 0.1) is 5.92 Å². The lowest BCUT2D eigenvalue weighted by Crippen LogP contribution is -2.02. The third-order valence-electron chi connectivity index (χ3n) is 4.98.